The lowest BCUT2D eigenvalue weighted by molar-refractivity contribution is 0.0946. The number of nitrogens with zero attached hydrogens (tertiary/aromatic N) is 3. The van der Waals surface area contributed by atoms with Crippen LogP contribution in [0.4, 0.5) is 0 Å². The summed E-state index contributed by atoms with van der Waals surface area (Å²) in [6.45, 7) is 2.26. The highest BCUT2D eigenvalue weighted by Crippen LogP contribution is 2.09. The van der Waals surface area contributed by atoms with Gasteiger partial charge in [-0.15, -0.1) is 5.10 Å². The second kappa shape index (κ2) is 5.04. The molecule has 0 radical (unpaired) electrons. The molecule has 1 aliphatic heterocycles. The number of rotatable bonds is 5. The molecule has 0 aliphatic carbocycles. The maximum atomic E-state index is 11.5. The molecule has 88 valence electrons. The number of amides is 1. The molecule has 2 heterocycles. The first-order chi connectivity index (χ1) is 7.81. The van der Waals surface area contributed by atoms with Crippen LogP contribution in [0, 0.1) is 0 Å². The van der Waals surface area contributed by atoms with E-state index in [2.05, 4.69) is 20.9 Å². The number of hydrogen-bond acceptors (Lipinski definition) is 5. The molecule has 0 bridgehead atoms. The molecule has 7 heteroatoms. The molecule has 16 heavy (non-hydrogen) atoms. The lowest BCUT2D eigenvalue weighted by atomic mass is 10.2. The van der Waals surface area contributed by atoms with E-state index in [1.54, 1.807) is 10.9 Å². The zero-order chi connectivity index (χ0) is 11.4. The number of nitrogens with one attached hydrogen (secondary N) is 2. The molecule has 0 saturated carbocycles. The van der Waals surface area contributed by atoms with E-state index in [0.717, 1.165) is 13.1 Å². The standard InChI is InChI=1S/C9H15N5O2/c15-3-1-2-11-9(16)8-6-14(13-12-8)7-4-10-5-7/h6-7,10,15H,1-5H2,(H,11,16). The fraction of sp³-hybridized carbons (Fsp3) is 0.667. The van der Waals surface area contributed by atoms with Crippen molar-refractivity contribution in [3.63, 3.8) is 0 Å². The van der Waals surface area contributed by atoms with Crippen LogP contribution < -0.4 is 10.6 Å². The molecule has 1 saturated heterocycles. The van der Waals surface area contributed by atoms with Crippen LogP contribution in [-0.4, -0.2) is 52.2 Å². The number of hydrogen-bond donors (Lipinski definition) is 3. The summed E-state index contributed by atoms with van der Waals surface area (Å²) >= 11 is 0. The van der Waals surface area contributed by atoms with Gasteiger partial charge < -0.3 is 15.7 Å². The summed E-state index contributed by atoms with van der Waals surface area (Å²) < 4.78 is 1.71. The van der Waals surface area contributed by atoms with Gasteiger partial charge in [-0.05, 0) is 6.42 Å². The highest BCUT2D eigenvalue weighted by molar-refractivity contribution is 5.91. The van der Waals surface area contributed by atoms with Gasteiger partial charge in [0.15, 0.2) is 5.69 Å². The third-order valence-corrected chi connectivity index (χ3v) is 2.50. The Kier molecular flexibility index (Phi) is 3.47. The molecule has 1 aromatic rings. The van der Waals surface area contributed by atoms with Crippen LogP contribution in [0.15, 0.2) is 6.20 Å². The molecule has 2 rings (SSSR count). The molecule has 7 nitrogen and oxygen atoms in total. The van der Waals surface area contributed by atoms with E-state index in [1.807, 2.05) is 0 Å². The minimum Gasteiger partial charge on any atom is -0.396 e. The molecule has 0 spiro atoms. The SMILES string of the molecule is O=C(NCCCO)c1cn(C2CNC2)nn1. The van der Waals surface area contributed by atoms with Crippen molar-refractivity contribution in [1.29, 1.82) is 0 Å². The monoisotopic (exact) mass is 225 g/mol. The minimum atomic E-state index is -0.244. The van der Waals surface area contributed by atoms with Crippen molar-refractivity contribution < 1.29 is 9.90 Å². The lowest BCUT2D eigenvalue weighted by Gasteiger charge is -2.26. The van der Waals surface area contributed by atoms with Crippen molar-refractivity contribution in [3.8, 4) is 0 Å². The molecule has 0 aromatic carbocycles. The van der Waals surface area contributed by atoms with E-state index in [4.69, 9.17) is 5.11 Å². The molecule has 3 N–H and O–H groups in total. The fourth-order valence-corrected chi connectivity index (χ4v) is 1.39. The Bertz CT molecular complexity index is 361. The first-order valence-corrected chi connectivity index (χ1v) is 5.33. The van der Waals surface area contributed by atoms with Crippen LogP contribution in [-0.2, 0) is 0 Å². The quantitative estimate of drug-likeness (QED) is 0.532. The Morgan fingerprint density at radius 1 is 1.69 bits per heavy atom. The van der Waals surface area contributed by atoms with Crippen LogP contribution in [0.2, 0.25) is 0 Å². The lowest BCUT2D eigenvalue weighted by Crippen LogP contribution is -2.43. The van der Waals surface area contributed by atoms with E-state index in [1.165, 1.54) is 0 Å². The summed E-state index contributed by atoms with van der Waals surface area (Å²) in [6, 6.07) is 0.312. The fourth-order valence-electron chi connectivity index (χ4n) is 1.39. The van der Waals surface area contributed by atoms with Gasteiger partial charge in [-0.2, -0.15) is 0 Å². The van der Waals surface area contributed by atoms with Crippen molar-refractivity contribution in [2.75, 3.05) is 26.2 Å². The van der Waals surface area contributed by atoms with E-state index >= 15 is 0 Å². The van der Waals surface area contributed by atoms with Crippen LogP contribution in [0.5, 0.6) is 0 Å². The largest absolute Gasteiger partial charge is 0.396 e. The Labute approximate surface area is 92.8 Å². The molecule has 0 atom stereocenters. The highest BCUT2D eigenvalue weighted by atomic mass is 16.3. The molecule has 1 fully saturated rings. The third-order valence-electron chi connectivity index (χ3n) is 2.50. The van der Waals surface area contributed by atoms with Crippen molar-refractivity contribution in [1.82, 2.24) is 25.6 Å². The van der Waals surface area contributed by atoms with Crippen LogP contribution in [0.1, 0.15) is 23.0 Å². The van der Waals surface area contributed by atoms with Gasteiger partial charge in [-0.1, -0.05) is 5.21 Å². The van der Waals surface area contributed by atoms with E-state index < -0.39 is 0 Å². The van der Waals surface area contributed by atoms with Gasteiger partial charge in [0.05, 0.1) is 12.2 Å². The Morgan fingerprint density at radius 3 is 3.12 bits per heavy atom. The highest BCUT2D eigenvalue weighted by Gasteiger charge is 2.21. The number of carbonyl (C=O) groups is 1. The Balaban J connectivity index is 1.87. The van der Waals surface area contributed by atoms with Gasteiger partial charge in [-0.3, -0.25) is 4.79 Å². The predicted octanol–water partition coefficient (Wildman–Crippen LogP) is -1.47. The van der Waals surface area contributed by atoms with Crippen molar-refractivity contribution in [2.45, 2.75) is 12.5 Å². The molecule has 1 aliphatic rings. The first kappa shape index (κ1) is 11.0. The molecular formula is C9H15N5O2. The van der Waals surface area contributed by atoms with Gasteiger partial charge in [-0.25, -0.2) is 4.68 Å². The summed E-state index contributed by atoms with van der Waals surface area (Å²) in [5, 5.41) is 22.1. The number of aliphatic hydroxyl groups excluding tert-OH is 1. The van der Waals surface area contributed by atoms with Gasteiger partial charge >= 0.3 is 0 Å². The maximum Gasteiger partial charge on any atom is 0.273 e. The smallest absolute Gasteiger partial charge is 0.273 e. The summed E-state index contributed by atoms with van der Waals surface area (Å²) in [5.74, 6) is -0.244. The average molecular weight is 225 g/mol. The topological polar surface area (TPSA) is 92.1 Å². The molecule has 1 amide bonds. The van der Waals surface area contributed by atoms with Gasteiger partial charge in [0.2, 0.25) is 0 Å². The normalized spacial score (nSPS) is 15.8. The summed E-state index contributed by atoms with van der Waals surface area (Å²) in [6.07, 6.45) is 2.20. The number of aliphatic hydroxyl groups is 1. The third kappa shape index (κ3) is 2.37. The average Bonchev–Trinajstić information content (AvgIpc) is 2.64. The van der Waals surface area contributed by atoms with Gasteiger partial charge in [0.25, 0.3) is 5.91 Å². The zero-order valence-corrected chi connectivity index (χ0v) is 8.89. The predicted molar refractivity (Wildman–Crippen MR) is 56.0 cm³/mol. The Morgan fingerprint density at radius 2 is 2.50 bits per heavy atom. The second-order valence-electron chi connectivity index (χ2n) is 3.73. The molecule has 1 aromatic heterocycles. The van der Waals surface area contributed by atoms with E-state index in [0.29, 0.717) is 24.7 Å². The van der Waals surface area contributed by atoms with Crippen LogP contribution in [0.3, 0.4) is 0 Å². The van der Waals surface area contributed by atoms with E-state index in [-0.39, 0.29) is 12.5 Å². The summed E-state index contributed by atoms with van der Waals surface area (Å²) in [5.41, 5.74) is 0.324. The maximum absolute atomic E-state index is 11.5. The number of carbonyl (C=O) groups excluding carboxylic acids is 1. The van der Waals surface area contributed by atoms with E-state index in [9.17, 15) is 4.79 Å². The molecule has 0 unspecified atom stereocenters. The van der Waals surface area contributed by atoms with Crippen LogP contribution in [0.25, 0.3) is 0 Å². The van der Waals surface area contributed by atoms with Gasteiger partial charge in [0, 0.05) is 26.2 Å². The first-order valence-electron chi connectivity index (χ1n) is 5.33. The van der Waals surface area contributed by atoms with Gasteiger partial charge in [0.1, 0.15) is 0 Å². The minimum absolute atomic E-state index is 0.0702. The van der Waals surface area contributed by atoms with Crippen LogP contribution >= 0.6 is 0 Å². The summed E-state index contributed by atoms with van der Waals surface area (Å²) in [4.78, 5) is 11.5. The second-order valence-corrected chi connectivity index (χ2v) is 3.73. The van der Waals surface area contributed by atoms with Crippen molar-refractivity contribution in [2.24, 2.45) is 0 Å². The van der Waals surface area contributed by atoms with Crippen molar-refractivity contribution in [3.05, 3.63) is 11.9 Å². The number of aromatic nitrogens is 3. The molecular weight excluding hydrogens is 210 g/mol. The zero-order valence-electron chi connectivity index (χ0n) is 8.89. The summed E-state index contributed by atoms with van der Waals surface area (Å²) in [7, 11) is 0. The van der Waals surface area contributed by atoms with Crippen molar-refractivity contribution >= 4 is 5.91 Å². The Hall–Kier alpha value is -1.47.